The molecular weight excluding hydrogens is 495 g/mol. The molecule has 0 bridgehead atoms. The summed E-state index contributed by atoms with van der Waals surface area (Å²) in [6.45, 7) is -0.175. The number of hydrogen-bond donors (Lipinski definition) is 1. The lowest BCUT2D eigenvalue weighted by molar-refractivity contribution is -0.117. The van der Waals surface area contributed by atoms with Crippen molar-refractivity contribution in [2.24, 2.45) is 0 Å². The highest BCUT2D eigenvalue weighted by molar-refractivity contribution is 9.10. The third-order valence-corrected chi connectivity index (χ3v) is 5.36. The van der Waals surface area contributed by atoms with Crippen LogP contribution in [0.3, 0.4) is 0 Å². The number of halogens is 3. The molecule has 8 heteroatoms. The van der Waals surface area contributed by atoms with E-state index in [1.54, 1.807) is 30.3 Å². The molecule has 2 amide bonds. The molecule has 2 aromatic carbocycles. The lowest BCUT2D eigenvalue weighted by Crippen LogP contribution is -2.38. The van der Waals surface area contributed by atoms with E-state index in [9.17, 15) is 14.0 Å². The second kappa shape index (κ2) is 7.52. The molecule has 142 valence electrons. The van der Waals surface area contributed by atoms with Crippen LogP contribution in [0.4, 0.5) is 10.1 Å². The van der Waals surface area contributed by atoms with Crippen LogP contribution in [0.15, 0.2) is 68.2 Å². The van der Waals surface area contributed by atoms with Crippen LogP contribution in [0.2, 0.25) is 0 Å². The molecule has 2 heterocycles. The van der Waals surface area contributed by atoms with Gasteiger partial charge in [0.2, 0.25) is 5.91 Å². The van der Waals surface area contributed by atoms with Gasteiger partial charge in [0.15, 0.2) is 10.4 Å². The van der Waals surface area contributed by atoms with Crippen LogP contribution in [0.5, 0.6) is 0 Å². The van der Waals surface area contributed by atoms with Crippen LogP contribution in [-0.4, -0.2) is 23.3 Å². The number of amides is 2. The number of benzene rings is 2. The predicted molar refractivity (Wildman–Crippen MR) is 108 cm³/mol. The Bertz CT molecular complexity index is 1070. The first-order chi connectivity index (χ1) is 13.4. The number of nitrogens with one attached hydrogen (secondary N) is 1. The molecule has 0 radical (unpaired) electrons. The van der Waals surface area contributed by atoms with E-state index in [1.807, 2.05) is 12.1 Å². The molecule has 0 saturated carbocycles. The fourth-order valence-corrected chi connectivity index (χ4v) is 3.93. The van der Waals surface area contributed by atoms with Crippen LogP contribution >= 0.6 is 31.9 Å². The number of carbonyl (C=O) groups is 2. The van der Waals surface area contributed by atoms with Gasteiger partial charge in [-0.15, -0.1) is 0 Å². The van der Waals surface area contributed by atoms with Crippen LogP contribution in [0, 0.1) is 5.82 Å². The first-order valence-electron chi connectivity index (χ1n) is 8.33. The Kier molecular flexibility index (Phi) is 5.07. The van der Waals surface area contributed by atoms with E-state index in [2.05, 4.69) is 37.2 Å². The largest absolute Gasteiger partial charge is 0.444 e. The number of furan rings is 1. The number of fused-ring (bicyclic) bond motifs is 1. The molecule has 5 nitrogen and oxygen atoms in total. The number of hydrogen-bond acceptors (Lipinski definition) is 3. The fourth-order valence-electron chi connectivity index (χ4n) is 3.24. The zero-order valence-electron chi connectivity index (χ0n) is 14.3. The van der Waals surface area contributed by atoms with Gasteiger partial charge in [0, 0.05) is 15.7 Å². The zero-order chi connectivity index (χ0) is 19.8. The van der Waals surface area contributed by atoms with Gasteiger partial charge < -0.3 is 14.6 Å². The lowest BCUT2D eigenvalue weighted by atomic mass is 9.95. The summed E-state index contributed by atoms with van der Waals surface area (Å²) >= 11 is 6.64. The van der Waals surface area contributed by atoms with Crippen molar-refractivity contribution in [1.29, 1.82) is 0 Å². The SMILES string of the molecule is O=C1CN(C(=O)c2ccc(Br)o2)[C@@H](c2ccc(F)cc2)c2cc(Br)ccc2N1. The number of carbonyl (C=O) groups excluding carboxylic acids is 2. The quantitative estimate of drug-likeness (QED) is 0.523. The normalized spacial score (nSPS) is 16.3. The van der Waals surface area contributed by atoms with Crippen molar-refractivity contribution in [3.63, 3.8) is 0 Å². The van der Waals surface area contributed by atoms with E-state index in [0.29, 0.717) is 21.5 Å². The Balaban J connectivity index is 1.89. The Morgan fingerprint density at radius 2 is 1.86 bits per heavy atom. The first-order valence-corrected chi connectivity index (χ1v) is 9.92. The summed E-state index contributed by atoms with van der Waals surface area (Å²) in [5.41, 5.74) is 1.99. The van der Waals surface area contributed by atoms with Gasteiger partial charge >= 0.3 is 0 Å². The van der Waals surface area contributed by atoms with Crippen molar-refractivity contribution in [3.05, 3.63) is 86.4 Å². The number of rotatable bonds is 2. The highest BCUT2D eigenvalue weighted by atomic mass is 79.9. The van der Waals surface area contributed by atoms with Crippen LogP contribution in [-0.2, 0) is 4.79 Å². The van der Waals surface area contributed by atoms with Crippen molar-refractivity contribution in [1.82, 2.24) is 4.90 Å². The van der Waals surface area contributed by atoms with Crippen molar-refractivity contribution < 1.29 is 18.4 Å². The Morgan fingerprint density at radius 3 is 2.54 bits per heavy atom. The van der Waals surface area contributed by atoms with Crippen molar-refractivity contribution in [2.75, 3.05) is 11.9 Å². The number of nitrogens with zero attached hydrogens (tertiary/aromatic N) is 1. The molecule has 4 rings (SSSR count). The summed E-state index contributed by atoms with van der Waals surface area (Å²) in [6.07, 6.45) is 0. The summed E-state index contributed by atoms with van der Waals surface area (Å²) in [4.78, 5) is 27.1. The van der Waals surface area contributed by atoms with E-state index >= 15 is 0 Å². The first kappa shape index (κ1) is 18.9. The predicted octanol–water partition coefficient (Wildman–Crippen LogP) is 5.13. The van der Waals surface area contributed by atoms with Gasteiger partial charge in [0.1, 0.15) is 12.4 Å². The Morgan fingerprint density at radius 1 is 1.11 bits per heavy atom. The summed E-state index contributed by atoms with van der Waals surface area (Å²) in [6, 6.07) is 13.8. The van der Waals surface area contributed by atoms with E-state index in [4.69, 9.17) is 4.42 Å². The summed E-state index contributed by atoms with van der Waals surface area (Å²) in [5, 5.41) is 2.83. The fraction of sp³-hybridized carbons (Fsp3) is 0.100. The molecule has 0 unspecified atom stereocenters. The Hall–Kier alpha value is -2.45. The monoisotopic (exact) mass is 506 g/mol. The summed E-state index contributed by atoms with van der Waals surface area (Å²) in [5.74, 6) is -1.05. The van der Waals surface area contributed by atoms with E-state index in [1.165, 1.54) is 17.0 Å². The average Bonchev–Trinajstić information content (AvgIpc) is 3.04. The highest BCUT2D eigenvalue weighted by Crippen LogP contribution is 2.38. The molecule has 28 heavy (non-hydrogen) atoms. The lowest BCUT2D eigenvalue weighted by Gasteiger charge is -2.30. The zero-order valence-corrected chi connectivity index (χ0v) is 17.5. The molecule has 1 aromatic heterocycles. The molecular formula is C20H13Br2FN2O3. The molecule has 0 saturated heterocycles. The minimum Gasteiger partial charge on any atom is -0.444 e. The molecule has 1 aliphatic rings. The van der Waals surface area contributed by atoms with E-state index in [0.717, 1.165) is 4.47 Å². The minimum absolute atomic E-state index is 0.102. The topological polar surface area (TPSA) is 62.6 Å². The van der Waals surface area contributed by atoms with Gasteiger partial charge in [0.05, 0.1) is 6.04 Å². The van der Waals surface area contributed by atoms with E-state index in [-0.39, 0.29) is 24.0 Å². The van der Waals surface area contributed by atoms with Crippen molar-refractivity contribution in [2.45, 2.75) is 6.04 Å². The van der Waals surface area contributed by atoms with Gasteiger partial charge in [-0.2, -0.15) is 0 Å². The molecule has 0 spiro atoms. The van der Waals surface area contributed by atoms with Crippen LogP contribution in [0.1, 0.15) is 27.7 Å². The summed E-state index contributed by atoms with van der Waals surface area (Å²) < 4.78 is 20.1. The van der Waals surface area contributed by atoms with Gasteiger partial charge in [-0.1, -0.05) is 28.1 Å². The average molecular weight is 508 g/mol. The Labute approximate surface area is 176 Å². The van der Waals surface area contributed by atoms with E-state index < -0.39 is 11.9 Å². The van der Waals surface area contributed by atoms with Gasteiger partial charge in [-0.25, -0.2) is 4.39 Å². The van der Waals surface area contributed by atoms with Crippen molar-refractivity contribution in [3.8, 4) is 0 Å². The van der Waals surface area contributed by atoms with Crippen molar-refractivity contribution >= 4 is 49.4 Å². The highest BCUT2D eigenvalue weighted by Gasteiger charge is 2.35. The maximum absolute atomic E-state index is 13.5. The molecule has 1 aliphatic heterocycles. The van der Waals surface area contributed by atoms with Crippen LogP contribution < -0.4 is 5.32 Å². The minimum atomic E-state index is -0.608. The molecule has 3 aromatic rings. The van der Waals surface area contributed by atoms with Gasteiger partial charge in [-0.05, 0) is 64.0 Å². The maximum Gasteiger partial charge on any atom is 0.290 e. The maximum atomic E-state index is 13.5. The van der Waals surface area contributed by atoms with Gasteiger partial charge in [-0.3, -0.25) is 9.59 Å². The van der Waals surface area contributed by atoms with Crippen LogP contribution in [0.25, 0.3) is 0 Å². The third-order valence-electron chi connectivity index (χ3n) is 4.44. The third kappa shape index (κ3) is 3.62. The molecule has 0 fully saturated rings. The second-order valence-electron chi connectivity index (χ2n) is 6.27. The molecule has 1 atom stereocenters. The summed E-state index contributed by atoms with van der Waals surface area (Å²) in [7, 11) is 0. The molecule has 1 N–H and O–H groups in total. The second-order valence-corrected chi connectivity index (χ2v) is 7.97. The molecule has 0 aliphatic carbocycles. The number of anilines is 1. The smallest absolute Gasteiger partial charge is 0.290 e. The van der Waals surface area contributed by atoms with Gasteiger partial charge in [0.25, 0.3) is 5.91 Å². The standard InChI is InChI=1S/C20H13Br2FN2O3/c21-12-3-6-15-14(9-12)19(11-1-4-13(23)5-2-11)25(10-18(26)24-15)20(27)16-7-8-17(22)28-16/h1-9,19H,10H2,(H,24,26)/t19-/m0/s1.